The van der Waals surface area contributed by atoms with Crippen LogP contribution in [0.2, 0.25) is 0 Å². The van der Waals surface area contributed by atoms with Crippen LogP contribution in [0.15, 0.2) is 69.1 Å². The van der Waals surface area contributed by atoms with Crippen molar-refractivity contribution in [2.24, 2.45) is 49.9 Å². The lowest BCUT2D eigenvalue weighted by atomic mass is 9.81. The third-order valence-electron chi connectivity index (χ3n) is 14.0. The summed E-state index contributed by atoms with van der Waals surface area (Å²) in [5, 5.41) is 29.3. The lowest BCUT2D eigenvalue weighted by molar-refractivity contribution is -0.465. The van der Waals surface area contributed by atoms with E-state index < -0.39 is 83.2 Å². The number of nitrogens with one attached hydrogen (secondary N) is 3. The standard InChI is InChI=1S/C58H83N11O10S/c1-8-62-25-14-28-63-46(34-80)55(74)66-45(17-9-11-24-59)47(70)30-36(16-13-27-65-58(60)61)54(73)67-52(35(2)3)48(71)31-38(56(75)76)15-10-12-26-64-53(72)37-18-21-41(57(77)78)44(29-37)51-42-22-19-39(68(4)5)32-49(42)79-50-33-40(69(6)7)20-23-43(50)51/h18-23,25,28-29,32,35-36,38,45-46,50,52H,8-17,24,26-27,30-31,33-34,59H2,1-7H3,(H9-,60,61,64,65,66,67,72,73,74,75,76,77,78,80)/p+1. The van der Waals surface area contributed by atoms with E-state index in [9.17, 15) is 43.8 Å². The third-order valence-corrected chi connectivity index (χ3v) is 14.3. The number of carboxylic acids is 2. The van der Waals surface area contributed by atoms with Gasteiger partial charge in [0.15, 0.2) is 23.2 Å². The summed E-state index contributed by atoms with van der Waals surface area (Å²) in [6.07, 6.45) is 9.65. The number of anilines is 1. The largest absolute Gasteiger partial charge is 0.484 e. The number of carbonyl (C=O) groups is 7. The van der Waals surface area contributed by atoms with E-state index >= 15 is 0 Å². The minimum atomic E-state index is -1.20. The number of hydrogen-bond donors (Lipinski definition) is 9. The van der Waals surface area contributed by atoms with Gasteiger partial charge < -0.3 is 53.0 Å². The van der Waals surface area contributed by atoms with Crippen molar-refractivity contribution in [2.45, 2.75) is 122 Å². The van der Waals surface area contributed by atoms with Crippen molar-refractivity contribution >= 4 is 89.2 Å². The molecule has 4 rings (SSSR count). The number of aromatic carboxylic acids is 1. The van der Waals surface area contributed by atoms with Crippen LogP contribution in [0.5, 0.6) is 5.75 Å². The zero-order valence-corrected chi connectivity index (χ0v) is 48.3. The van der Waals surface area contributed by atoms with Gasteiger partial charge in [-0.1, -0.05) is 20.3 Å². The van der Waals surface area contributed by atoms with Crippen molar-refractivity contribution in [3.8, 4) is 5.75 Å². The quantitative estimate of drug-likeness (QED) is 0.0154. The van der Waals surface area contributed by atoms with Crippen molar-refractivity contribution in [2.75, 3.05) is 65.0 Å². The van der Waals surface area contributed by atoms with Crippen LogP contribution >= 0.6 is 12.6 Å². The first-order valence-corrected chi connectivity index (χ1v) is 28.1. The Morgan fingerprint density at radius 1 is 0.863 bits per heavy atom. The predicted molar refractivity (Wildman–Crippen MR) is 317 cm³/mol. The Morgan fingerprint density at radius 2 is 1.57 bits per heavy atom. The molecule has 6 unspecified atom stereocenters. The number of nitrogens with zero attached hydrogens (tertiary/aromatic N) is 5. The topological polar surface area (TPSA) is 327 Å². The van der Waals surface area contributed by atoms with E-state index in [1.807, 2.05) is 74.9 Å². The minimum Gasteiger partial charge on any atom is -0.484 e. The first-order chi connectivity index (χ1) is 38.1. The Labute approximate surface area is 475 Å². The number of allylic oxidation sites excluding steroid dienone is 1. The second-order valence-electron chi connectivity index (χ2n) is 20.8. The molecule has 0 spiro atoms. The summed E-state index contributed by atoms with van der Waals surface area (Å²) in [5.74, 6) is -6.83. The highest BCUT2D eigenvalue weighted by Gasteiger charge is 2.36. The van der Waals surface area contributed by atoms with Crippen molar-refractivity contribution in [1.82, 2.24) is 16.0 Å². The molecule has 0 fully saturated rings. The van der Waals surface area contributed by atoms with Gasteiger partial charge in [0, 0.05) is 117 Å². The number of ketones is 2. The van der Waals surface area contributed by atoms with Gasteiger partial charge >= 0.3 is 11.9 Å². The van der Waals surface area contributed by atoms with Crippen LogP contribution in [0.1, 0.15) is 130 Å². The predicted octanol–water partition coefficient (Wildman–Crippen LogP) is 4.48. The maximum Gasteiger partial charge on any atom is 0.336 e. The van der Waals surface area contributed by atoms with Crippen LogP contribution in [0.25, 0.3) is 5.57 Å². The molecule has 6 atom stereocenters. The number of guanidine groups is 1. The van der Waals surface area contributed by atoms with Crippen LogP contribution in [0.3, 0.4) is 0 Å². The highest BCUT2D eigenvalue weighted by Crippen LogP contribution is 2.45. The Kier molecular flexibility index (Phi) is 26.8. The van der Waals surface area contributed by atoms with Crippen molar-refractivity contribution in [3.05, 3.63) is 76.4 Å². The molecule has 436 valence electrons. The van der Waals surface area contributed by atoms with Gasteiger partial charge in [-0.15, -0.1) is 0 Å². The fraction of sp³-hybridized carbons (Fsp3) is 0.534. The van der Waals surface area contributed by atoms with Gasteiger partial charge in [0.2, 0.25) is 11.8 Å². The van der Waals surface area contributed by atoms with Gasteiger partial charge in [-0.05, 0) is 106 Å². The average Bonchev–Trinajstić information content (AvgIpc) is 3.62. The lowest BCUT2D eigenvalue weighted by Crippen LogP contribution is -2.49. The Bertz CT molecular complexity index is 2710. The average molecular weight is 1130 g/mol. The smallest absolute Gasteiger partial charge is 0.336 e. The summed E-state index contributed by atoms with van der Waals surface area (Å²) in [6.45, 7) is 6.65. The van der Waals surface area contributed by atoms with Crippen molar-refractivity contribution in [1.29, 1.82) is 0 Å². The van der Waals surface area contributed by atoms with Gasteiger partial charge in [-0.2, -0.15) is 12.6 Å². The monoisotopic (exact) mass is 1130 g/mol. The molecule has 3 amide bonds. The normalized spacial score (nSPS) is 15.7. The Balaban J connectivity index is 1.46. The maximum atomic E-state index is 14.2. The minimum absolute atomic E-state index is 0.0151. The van der Waals surface area contributed by atoms with Crippen LogP contribution in [0, 0.1) is 17.8 Å². The number of hydrogen-bond acceptors (Lipinski definition) is 14. The summed E-state index contributed by atoms with van der Waals surface area (Å²) in [7, 11) is 7.74. The SMILES string of the molecule is CCN=CCC=NC(CS)C(=O)NC(CCCCN)C(=O)CC(CCCN=C(N)N)C(=O)NC(C(=O)CC(CCCCNC(=O)c1ccc(C(=O)O)c(C2=C3C=CC(=[N+](C)C)CC3Oc3cc(N(C)C)ccc32)c1)C(=O)O)C(C)C. The number of carboxylic acid groups (broad SMARTS) is 2. The van der Waals surface area contributed by atoms with Gasteiger partial charge in [-0.25, -0.2) is 9.37 Å². The maximum absolute atomic E-state index is 14.2. The summed E-state index contributed by atoms with van der Waals surface area (Å²) in [4.78, 5) is 109. The van der Waals surface area contributed by atoms with E-state index in [1.165, 1.54) is 12.1 Å². The highest BCUT2D eigenvalue weighted by molar-refractivity contribution is 7.80. The molecule has 0 saturated carbocycles. The highest BCUT2D eigenvalue weighted by atomic mass is 32.1. The number of aliphatic imine (C=N–C) groups is 3. The van der Waals surface area contributed by atoms with Crippen LogP contribution in [-0.4, -0.2) is 164 Å². The van der Waals surface area contributed by atoms with E-state index in [-0.39, 0.29) is 68.0 Å². The van der Waals surface area contributed by atoms with Gasteiger partial charge in [0.25, 0.3) is 5.91 Å². The number of thiol groups is 1. The molecule has 22 heteroatoms. The number of Topliss-reactive ketones (excluding diaryl/α,β-unsaturated/α-hetero) is 2. The number of carbonyl (C=O) groups excluding carboxylic acids is 5. The van der Waals surface area contributed by atoms with Gasteiger partial charge in [-0.3, -0.25) is 43.7 Å². The lowest BCUT2D eigenvalue weighted by Gasteiger charge is -2.33. The molecule has 2 aromatic rings. The molecule has 1 aliphatic heterocycles. The molecular weight excluding hydrogens is 1040 g/mol. The Morgan fingerprint density at radius 3 is 2.21 bits per heavy atom. The fourth-order valence-corrected chi connectivity index (χ4v) is 9.74. The van der Waals surface area contributed by atoms with E-state index in [2.05, 4.69) is 43.6 Å². The first-order valence-electron chi connectivity index (χ1n) is 27.5. The summed E-state index contributed by atoms with van der Waals surface area (Å²) in [5.41, 5.74) is 21.5. The number of fused-ring (bicyclic) bond motifs is 2. The number of ether oxygens (including phenoxy) is 1. The number of rotatable bonds is 34. The molecule has 0 bridgehead atoms. The summed E-state index contributed by atoms with van der Waals surface area (Å²) >= 11 is 4.30. The van der Waals surface area contributed by atoms with E-state index in [1.54, 1.807) is 32.3 Å². The number of amides is 3. The summed E-state index contributed by atoms with van der Waals surface area (Å²) in [6, 6.07) is 7.27. The van der Waals surface area contributed by atoms with E-state index in [0.29, 0.717) is 80.5 Å². The molecule has 80 heavy (non-hydrogen) atoms. The molecule has 0 radical (unpaired) electrons. The molecular formula is C58H84N11O10S+. The second kappa shape index (κ2) is 32.8. The molecule has 2 aromatic carbocycles. The van der Waals surface area contributed by atoms with Crippen LogP contribution in [-0.2, 0) is 24.0 Å². The van der Waals surface area contributed by atoms with E-state index in [4.69, 9.17) is 21.9 Å². The van der Waals surface area contributed by atoms with Crippen LogP contribution < -0.4 is 42.8 Å². The zero-order chi connectivity index (χ0) is 59.1. The zero-order valence-electron chi connectivity index (χ0n) is 47.4. The van der Waals surface area contributed by atoms with Gasteiger partial charge in [0.1, 0.15) is 32.0 Å². The molecule has 2 aliphatic rings. The molecule has 0 aromatic heterocycles. The molecule has 0 saturated heterocycles. The first kappa shape index (κ1) is 65.3. The number of aliphatic carboxylic acids is 1. The number of benzene rings is 2. The molecule has 1 aliphatic carbocycles. The van der Waals surface area contributed by atoms with Crippen LogP contribution in [0.4, 0.5) is 5.69 Å². The molecule has 1 heterocycles. The molecule has 21 nitrogen and oxygen atoms in total. The third kappa shape index (κ3) is 19.6. The van der Waals surface area contributed by atoms with Crippen molar-refractivity contribution < 1.29 is 53.1 Å². The molecule has 11 N–H and O–H groups in total. The fourth-order valence-electron chi connectivity index (χ4n) is 9.48. The van der Waals surface area contributed by atoms with Crippen molar-refractivity contribution in [3.63, 3.8) is 0 Å². The number of nitrogens with two attached hydrogens (primary N) is 3. The second-order valence-corrected chi connectivity index (χ2v) is 21.2. The Hall–Kier alpha value is -7.20. The van der Waals surface area contributed by atoms with E-state index in [0.717, 1.165) is 17.0 Å². The summed E-state index contributed by atoms with van der Waals surface area (Å²) < 4.78 is 8.58. The van der Waals surface area contributed by atoms with Gasteiger partial charge in [0.05, 0.1) is 30.0 Å². The number of unbranched alkanes of at least 4 members (excludes halogenated alkanes) is 2.